The topological polar surface area (TPSA) is 9.23 Å². The Balaban J connectivity index is 2.81. The van der Waals surface area contributed by atoms with E-state index in [-0.39, 0.29) is 0 Å². The number of thiocarbonyl (C=S) groups is 1. The summed E-state index contributed by atoms with van der Waals surface area (Å²) < 4.78 is 4.83. The first-order valence-corrected chi connectivity index (χ1v) is 3.29. The Hall–Kier alpha value is -0.110. The first-order chi connectivity index (χ1) is 3.77. The van der Waals surface area contributed by atoms with Gasteiger partial charge in [0.2, 0.25) is 0 Å². The van der Waals surface area contributed by atoms with Crippen LogP contribution in [0.3, 0.4) is 0 Å². The predicted octanol–water partition coefficient (Wildman–Crippen LogP) is 2.01. The van der Waals surface area contributed by atoms with Crippen molar-refractivity contribution in [2.75, 3.05) is 6.61 Å². The van der Waals surface area contributed by atoms with E-state index in [1.165, 1.54) is 5.55 Å². The summed E-state index contributed by atoms with van der Waals surface area (Å²) in [6, 6.07) is 0. The van der Waals surface area contributed by atoms with E-state index in [1.54, 1.807) is 0 Å². The van der Waals surface area contributed by atoms with Crippen LogP contribution in [0.5, 0.6) is 0 Å². The predicted molar refractivity (Wildman–Crippen MR) is 39.1 cm³/mol. The molecule has 0 aliphatic carbocycles. The van der Waals surface area contributed by atoms with Crippen molar-refractivity contribution in [1.29, 1.82) is 0 Å². The van der Waals surface area contributed by atoms with Crippen molar-refractivity contribution in [1.82, 2.24) is 0 Å². The number of rotatable bonds is 4. The van der Waals surface area contributed by atoms with Crippen LogP contribution in [0.1, 0.15) is 20.3 Å². The third-order valence-corrected chi connectivity index (χ3v) is 1.02. The highest BCUT2D eigenvalue weighted by Gasteiger charge is 1.90. The van der Waals surface area contributed by atoms with Crippen LogP contribution in [0, 0.1) is 5.92 Å². The van der Waals surface area contributed by atoms with Gasteiger partial charge in [-0.15, -0.1) is 0 Å². The summed E-state index contributed by atoms with van der Waals surface area (Å²) >= 11 is 4.46. The summed E-state index contributed by atoms with van der Waals surface area (Å²) in [4.78, 5) is 0. The molecule has 0 aliphatic rings. The lowest BCUT2D eigenvalue weighted by atomic mass is 10.1. The minimum absolute atomic E-state index is 0.713. The van der Waals surface area contributed by atoms with Gasteiger partial charge in [0.05, 0.1) is 6.61 Å². The summed E-state index contributed by atoms with van der Waals surface area (Å²) in [5.74, 6) is 0.713. The third-order valence-electron chi connectivity index (χ3n) is 0.881. The Morgan fingerprint density at radius 1 is 1.62 bits per heavy atom. The number of hydrogen-bond donors (Lipinski definition) is 0. The second-order valence-corrected chi connectivity index (χ2v) is 2.34. The van der Waals surface area contributed by atoms with Gasteiger partial charge in [-0.1, -0.05) is 13.8 Å². The molecule has 8 heavy (non-hydrogen) atoms. The van der Waals surface area contributed by atoms with Gasteiger partial charge in [0.15, 0.2) is 0 Å². The molecule has 0 aromatic rings. The van der Waals surface area contributed by atoms with E-state index >= 15 is 0 Å². The summed E-state index contributed by atoms with van der Waals surface area (Å²) in [7, 11) is 0. The van der Waals surface area contributed by atoms with E-state index in [0.29, 0.717) is 5.92 Å². The molecule has 0 spiro atoms. The lowest BCUT2D eigenvalue weighted by molar-refractivity contribution is 0.296. The zero-order valence-electron chi connectivity index (χ0n) is 5.39. The molecule has 0 heterocycles. The van der Waals surface area contributed by atoms with Crippen molar-refractivity contribution in [3.05, 3.63) is 0 Å². The van der Waals surface area contributed by atoms with Crippen LogP contribution in [-0.4, -0.2) is 12.2 Å². The van der Waals surface area contributed by atoms with E-state index < -0.39 is 0 Å². The fourth-order valence-electron chi connectivity index (χ4n) is 0.352. The zero-order chi connectivity index (χ0) is 6.41. The number of ether oxygens (including phenoxy) is 1. The summed E-state index contributed by atoms with van der Waals surface area (Å²) in [6.45, 7) is 5.08. The molecule has 0 saturated heterocycles. The maximum absolute atomic E-state index is 4.83. The fourth-order valence-corrected chi connectivity index (χ4v) is 0.448. The van der Waals surface area contributed by atoms with E-state index in [4.69, 9.17) is 4.74 Å². The van der Waals surface area contributed by atoms with Crippen molar-refractivity contribution >= 4 is 17.8 Å². The Kier molecular flexibility index (Phi) is 4.97. The SMILES string of the molecule is CC(C)CCOC=S. The van der Waals surface area contributed by atoms with Crippen LogP contribution in [0.2, 0.25) is 0 Å². The molecule has 0 aliphatic heterocycles. The van der Waals surface area contributed by atoms with E-state index in [9.17, 15) is 0 Å². The van der Waals surface area contributed by atoms with Crippen molar-refractivity contribution in [2.45, 2.75) is 20.3 Å². The molecule has 0 N–H and O–H groups in total. The molecule has 0 fully saturated rings. The quantitative estimate of drug-likeness (QED) is 0.427. The monoisotopic (exact) mass is 132 g/mol. The van der Waals surface area contributed by atoms with E-state index in [2.05, 4.69) is 26.1 Å². The Morgan fingerprint density at radius 3 is 2.62 bits per heavy atom. The van der Waals surface area contributed by atoms with Gasteiger partial charge in [0.25, 0.3) is 0 Å². The van der Waals surface area contributed by atoms with E-state index in [0.717, 1.165) is 13.0 Å². The molecule has 0 unspecified atom stereocenters. The molecule has 0 aromatic heterocycles. The summed E-state index contributed by atoms with van der Waals surface area (Å²) in [5, 5.41) is 0. The van der Waals surface area contributed by atoms with Crippen LogP contribution < -0.4 is 0 Å². The molecular formula is C6H12OS. The second kappa shape index (κ2) is 5.04. The van der Waals surface area contributed by atoms with Gasteiger partial charge in [-0.25, -0.2) is 0 Å². The molecule has 0 saturated carbocycles. The highest BCUT2D eigenvalue weighted by molar-refractivity contribution is 7.78. The largest absolute Gasteiger partial charge is 0.490 e. The van der Waals surface area contributed by atoms with Gasteiger partial charge >= 0.3 is 0 Å². The molecule has 0 aromatic carbocycles. The Labute approximate surface area is 56.0 Å². The fraction of sp³-hybridized carbons (Fsp3) is 0.833. The smallest absolute Gasteiger partial charge is 0.146 e. The summed E-state index contributed by atoms with van der Waals surface area (Å²) in [6.07, 6.45) is 1.09. The third kappa shape index (κ3) is 5.89. The molecule has 0 radical (unpaired) electrons. The molecule has 2 heteroatoms. The van der Waals surface area contributed by atoms with Gasteiger partial charge in [0.1, 0.15) is 5.55 Å². The molecule has 0 atom stereocenters. The molecule has 48 valence electrons. The average Bonchev–Trinajstić information content (AvgIpc) is 1.66. The first kappa shape index (κ1) is 7.89. The molecule has 0 amide bonds. The van der Waals surface area contributed by atoms with Gasteiger partial charge in [-0.3, -0.25) is 0 Å². The molecule has 1 nitrogen and oxygen atoms in total. The Morgan fingerprint density at radius 2 is 2.25 bits per heavy atom. The highest BCUT2D eigenvalue weighted by Crippen LogP contribution is 1.97. The summed E-state index contributed by atoms with van der Waals surface area (Å²) in [5.41, 5.74) is 1.32. The minimum atomic E-state index is 0.713. The van der Waals surface area contributed by atoms with Gasteiger partial charge in [-0.2, -0.15) is 0 Å². The van der Waals surface area contributed by atoms with Crippen LogP contribution >= 0.6 is 12.2 Å². The van der Waals surface area contributed by atoms with Crippen molar-refractivity contribution in [3.8, 4) is 0 Å². The second-order valence-electron chi connectivity index (χ2n) is 2.15. The standard InChI is InChI=1S/C6H12OS/c1-6(2)3-4-7-5-8/h5-6H,3-4H2,1-2H3. The van der Waals surface area contributed by atoms with E-state index in [1.807, 2.05) is 0 Å². The van der Waals surface area contributed by atoms with Gasteiger partial charge in [-0.05, 0) is 24.6 Å². The van der Waals surface area contributed by atoms with Crippen LogP contribution in [-0.2, 0) is 4.74 Å². The molecular weight excluding hydrogens is 120 g/mol. The lowest BCUT2D eigenvalue weighted by Gasteiger charge is -2.01. The maximum Gasteiger partial charge on any atom is 0.146 e. The van der Waals surface area contributed by atoms with Crippen LogP contribution in [0.15, 0.2) is 0 Å². The minimum Gasteiger partial charge on any atom is -0.490 e. The van der Waals surface area contributed by atoms with Crippen molar-refractivity contribution in [3.63, 3.8) is 0 Å². The average molecular weight is 132 g/mol. The lowest BCUT2D eigenvalue weighted by Crippen LogP contribution is -1.95. The highest BCUT2D eigenvalue weighted by atomic mass is 32.1. The van der Waals surface area contributed by atoms with Gasteiger partial charge < -0.3 is 4.74 Å². The van der Waals surface area contributed by atoms with Gasteiger partial charge in [0, 0.05) is 0 Å². The van der Waals surface area contributed by atoms with Crippen LogP contribution in [0.25, 0.3) is 0 Å². The molecule has 0 rings (SSSR count). The normalized spacial score (nSPS) is 9.38. The Bertz CT molecular complexity index is 61.5. The van der Waals surface area contributed by atoms with Crippen molar-refractivity contribution < 1.29 is 4.74 Å². The number of hydrogen-bond acceptors (Lipinski definition) is 2. The maximum atomic E-state index is 4.83. The zero-order valence-corrected chi connectivity index (χ0v) is 6.20. The van der Waals surface area contributed by atoms with Crippen LogP contribution in [0.4, 0.5) is 0 Å². The first-order valence-electron chi connectivity index (χ1n) is 2.82. The molecule has 0 bridgehead atoms. The van der Waals surface area contributed by atoms with Crippen molar-refractivity contribution in [2.24, 2.45) is 5.92 Å².